The molecule has 0 radical (unpaired) electrons. The molecule has 0 aromatic heterocycles. The maximum atomic E-state index is 3.19. The molecule has 0 amide bonds. The lowest BCUT2D eigenvalue weighted by Crippen LogP contribution is -2.27. The Labute approximate surface area is 63.6 Å². The largest absolute Gasteiger partial charge is 0.320 e. The van der Waals surface area contributed by atoms with Gasteiger partial charge in [-0.3, -0.25) is 0 Å². The summed E-state index contributed by atoms with van der Waals surface area (Å²) in [5.41, 5.74) is 0. The van der Waals surface area contributed by atoms with Crippen LogP contribution in [0.5, 0.6) is 0 Å². The minimum atomic E-state index is 0.854. The summed E-state index contributed by atoms with van der Waals surface area (Å²) in [4.78, 5) is 2.47. The fraction of sp³-hybridized carbons (Fsp3) is 1.00. The summed E-state index contributed by atoms with van der Waals surface area (Å²) in [6, 6.07) is 0.854. The van der Waals surface area contributed by atoms with Crippen LogP contribution in [0.4, 0.5) is 0 Å². The lowest BCUT2D eigenvalue weighted by Gasteiger charge is -2.18. The predicted octanol–water partition coefficient (Wildman–Crippen LogP) is 0.690. The van der Waals surface area contributed by atoms with E-state index in [1.54, 1.807) is 0 Å². The highest BCUT2D eigenvalue weighted by Crippen LogP contribution is 2.16. The molecule has 0 aromatic carbocycles. The highest BCUT2D eigenvalue weighted by Gasteiger charge is 2.19. The molecule has 1 N–H and O–H groups in total. The first-order chi connectivity index (χ1) is 4.84. The van der Waals surface area contributed by atoms with Crippen molar-refractivity contribution in [2.75, 3.05) is 27.2 Å². The number of nitrogens with zero attached hydrogens (tertiary/aromatic N) is 1. The van der Waals surface area contributed by atoms with Crippen molar-refractivity contribution in [1.82, 2.24) is 10.2 Å². The van der Waals surface area contributed by atoms with E-state index in [0.717, 1.165) is 12.6 Å². The molecular weight excluding hydrogens is 124 g/mol. The zero-order chi connectivity index (χ0) is 7.40. The van der Waals surface area contributed by atoms with Crippen LogP contribution in [0.3, 0.4) is 0 Å². The van der Waals surface area contributed by atoms with Gasteiger partial charge in [-0.05, 0) is 46.4 Å². The lowest BCUT2D eigenvalue weighted by atomic mass is 10.1. The van der Waals surface area contributed by atoms with Gasteiger partial charge in [-0.1, -0.05) is 0 Å². The van der Waals surface area contributed by atoms with Crippen LogP contribution in [0.1, 0.15) is 19.3 Å². The van der Waals surface area contributed by atoms with Crippen LogP contribution in [0.2, 0.25) is 0 Å². The molecule has 0 saturated carbocycles. The van der Waals surface area contributed by atoms with Crippen LogP contribution in [-0.2, 0) is 0 Å². The van der Waals surface area contributed by atoms with E-state index in [1.807, 2.05) is 7.05 Å². The number of nitrogens with one attached hydrogen (secondary N) is 1. The first-order valence-electron chi connectivity index (χ1n) is 4.19. The van der Waals surface area contributed by atoms with Crippen molar-refractivity contribution in [3.63, 3.8) is 0 Å². The summed E-state index contributed by atoms with van der Waals surface area (Å²) >= 11 is 0. The molecule has 1 saturated heterocycles. The minimum absolute atomic E-state index is 0.854. The Bertz CT molecular complexity index is 93.3. The molecule has 1 unspecified atom stereocenters. The van der Waals surface area contributed by atoms with Crippen LogP contribution >= 0.6 is 0 Å². The lowest BCUT2D eigenvalue weighted by molar-refractivity contribution is 0.295. The van der Waals surface area contributed by atoms with Gasteiger partial charge in [0.15, 0.2) is 0 Å². The third-order valence-corrected chi connectivity index (χ3v) is 2.40. The number of hydrogen-bond donors (Lipinski definition) is 1. The third kappa shape index (κ3) is 1.96. The van der Waals surface area contributed by atoms with E-state index >= 15 is 0 Å². The molecule has 60 valence electrons. The van der Waals surface area contributed by atoms with Crippen molar-refractivity contribution in [3.05, 3.63) is 0 Å². The summed E-state index contributed by atoms with van der Waals surface area (Å²) in [7, 11) is 4.25. The van der Waals surface area contributed by atoms with Gasteiger partial charge in [0, 0.05) is 6.04 Å². The molecule has 1 atom stereocenters. The van der Waals surface area contributed by atoms with Crippen molar-refractivity contribution in [2.45, 2.75) is 25.3 Å². The fourth-order valence-corrected chi connectivity index (χ4v) is 1.65. The van der Waals surface area contributed by atoms with E-state index in [4.69, 9.17) is 0 Å². The quantitative estimate of drug-likeness (QED) is 0.623. The van der Waals surface area contributed by atoms with E-state index in [2.05, 4.69) is 17.3 Å². The van der Waals surface area contributed by atoms with Gasteiger partial charge in [-0.2, -0.15) is 0 Å². The Morgan fingerprint density at radius 3 is 2.90 bits per heavy atom. The van der Waals surface area contributed by atoms with Gasteiger partial charge < -0.3 is 10.2 Å². The molecule has 2 heteroatoms. The van der Waals surface area contributed by atoms with E-state index in [0.29, 0.717) is 0 Å². The van der Waals surface area contributed by atoms with E-state index in [1.165, 1.54) is 25.8 Å². The smallest absolute Gasteiger partial charge is 0.0105 e. The molecule has 10 heavy (non-hydrogen) atoms. The topological polar surface area (TPSA) is 15.3 Å². The van der Waals surface area contributed by atoms with E-state index < -0.39 is 0 Å². The van der Waals surface area contributed by atoms with Crippen LogP contribution in [-0.4, -0.2) is 38.1 Å². The van der Waals surface area contributed by atoms with Crippen molar-refractivity contribution >= 4 is 0 Å². The Hall–Kier alpha value is -0.0800. The number of hydrogen-bond acceptors (Lipinski definition) is 2. The molecule has 1 rings (SSSR count). The third-order valence-electron chi connectivity index (χ3n) is 2.40. The highest BCUT2D eigenvalue weighted by atomic mass is 15.1. The zero-order valence-corrected chi connectivity index (χ0v) is 7.06. The van der Waals surface area contributed by atoms with Gasteiger partial charge in [0.05, 0.1) is 0 Å². The zero-order valence-electron chi connectivity index (χ0n) is 7.06. The minimum Gasteiger partial charge on any atom is -0.320 e. The first-order valence-corrected chi connectivity index (χ1v) is 4.19. The van der Waals surface area contributed by atoms with E-state index in [-0.39, 0.29) is 0 Å². The average Bonchev–Trinajstić information content (AvgIpc) is 2.31. The summed E-state index contributed by atoms with van der Waals surface area (Å²) in [5.74, 6) is 0. The molecule has 0 spiro atoms. The Morgan fingerprint density at radius 1 is 1.60 bits per heavy atom. The summed E-state index contributed by atoms with van der Waals surface area (Å²) in [6.07, 6.45) is 4.11. The van der Waals surface area contributed by atoms with Gasteiger partial charge in [-0.15, -0.1) is 0 Å². The second kappa shape index (κ2) is 3.94. The fourth-order valence-electron chi connectivity index (χ4n) is 1.65. The molecule has 0 aliphatic carbocycles. The average molecular weight is 142 g/mol. The molecule has 1 fully saturated rings. The van der Waals surface area contributed by atoms with Crippen LogP contribution in [0.15, 0.2) is 0 Å². The Kier molecular flexibility index (Phi) is 3.16. The van der Waals surface area contributed by atoms with Gasteiger partial charge in [0.1, 0.15) is 0 Å². The predicted molar refractivity (Wildman–Crippen MR) is 44.2 cm³/mol. The normalized spacial score (nSPS) is 27.6. The van der Waals surface area contributed by atoms with Crippen molar-refractivity contribution < 1.29 is 0 Å². The molecule has 1 heterocycles. The van der Waals surface area contributed by atoms with Crippen LogP contribution < -0.4 is 5.32 Å². The van der Waals surface area contributed by atoms with Crippen LogP contribution in [0, 0.1) is 0 Å². The second-order valence-corrected chi connectivity index (χ2v) is 3.17. The maximum absolute atomic E-state index is 3.19. The summed E-state index contributed by atoms with van der Waals surface area (Å²) in [5, 5.41) is 3.19. The molecular formula is C8H18N2. The van der Waals surface area contributed by atoms with Gasteiger partial charge in [0.2, 0.25) is 0 Å². The van der Waals surface area contributed by atoms with Crippen molar-refractivity contribution in [2.24, 2.45) is 0 Å². The van der Waals surface area contributed by atoms with Crippen molar-refractivity contribution in [1.29, 1.82) is 0 Å². The number of rotatable bonds is 3. The van der Waals surface area contributed by atoms with Gasteiger partial charge in [0.25, 0.3) is 0 Å². The van der Waals surface area contributed by atoms with Crippen molar-refractivity contribution in [3.8, 4) is 0 Å². The van der Waals surface area contributed by atoms with Gasteiger partial charge in [-0.25, -0.2) is 0 Å². The van der Waals surface area contributed by atoms with Crippen LogP contribution in [0.25, 0.3) is 0 Å². The van der Waals surface area contributed by atoms with Gasteiger partial charge >= 0.3 is 0 Å². The summed E-state index contributed by atoms with van der Waals surface area (Å²) in [6.45, 7) is 2.46. The Balaban J connectivity index is 2.14. The molecule has 1 aliphatic rings. The highest BCUT2D eigenvalue weighted by molar-refractivity contribution is 4.76. The maximum Gasteiger partial charge on any atom is 0.0105 e. The SMILES string of the molecule is CNCCC1CCCN1C. The Morgan fingerprint density at radius 2 is 2.40 bits per heavy atom. The summed E-state index contributed by atoms with van der Waals surface area (Å²) < 4.78 is 0. The molecule has 1 aliphatic heterocycles. The molecule has 2 nitrogen and oxygen atoms in total. The standard InChI is InChI=1S/C8H18N2/c1-9-6-5-8-4-3-7-10(8)2/h8-9H,3-7H2,1-2H3. The number of likely N-dealkylation sites (tertiary alicyclic amines) is 1. The molecule has 0 bridgehead atoms. The molecule has 0 aromatic rings. The second-order valence-electron chi connectivity index (χ2n) is 3.17. The first kappa shape index (κ1) is 8.02. The van der Waals surface area contributed by atoms with E-state index in [9.17, 15) is 0 Å². The monoisotopic (exact) mass is 142 g/mol.